The van der Waals surface area contributed by atoms with E-state index < -0.39 is 0 Å². The molecule has 0 aliphatic heterocycles. The van der Waals surface area contributed by atoms with E-state index in [9.17, 15) is 0 Å². The zero-order valence-electron chi connectivity index (χ0n) is 6.35. The molecule has 1 nitrogen and oxygen atoms in total. The normalized spacial score (nSPS) is 6.55. The lowest BCUT2D eigenvalue weighted by molar-refractivity contribution is 0.285. The van der Waals surface area contributed by atoms with Gasteiger partial charge in [-0.05, 0) is 36.5 Å². The van der Waals surface area contributed by atoms with Crippen LogP contribution in [0.3, 0.4) is 0 Å². The molecule has 0 unspecified atom stereocenters. The number of hydrogen-bond donors (Lipinski definition) is 1. The fourth-order valence-electron chi connectivity index (χ4n) is 0.499. The smallest absolute Gasteiger partial charge is 0.0431 e. The summed E-state index contributed by atoms with van der Waals surface area (Å²) in [5.74, 6) is 12.5. The van der Waals surface area contributed by atoms with Gasteiger partial charge < -0.3 is 5.11 Å². The second-order valence-corrected chi connectivity index (χ2v) is 1.88. The lowest BCUT2D eigenvalue weighted by Gasteiger charge is -1.86. The molecule has 1 heteroatoms. The number of hydrogen-bond acceptors (Lipinski definition) is 1. The van der Waals surface area contributed by atoms with Gasteiger partial charge in [0.2, 0.25) is 0 Å². The van der Waals surface area contributed by atoms with E-state index in [0.717, 1.165) is 19.3 Å². The fourth-order valence-corrected chi connectivity index (χ4v) is 0.499. The predicted molar refractivity (Wildman–Crippen MR) is 45.3 cm³/mol. The van der Waals surface area contributed by atoms with E-state index in [2.05, 4.69) is 29.6 Å². The van der Waals surface area contributed by atoms with Gasteiger partial charge in [0.05, 0.1) is 0 Å². The molecule has 0 aromatic carbocycles. The van der Waals surface area contributed by atoms with Gasteiger partial charge in [-0.15, -0.1) is 6.42 Å². The average molecular weight is 146 g/mol. The van der Waals surface area contributed by atoms with Crippen LogP contribution in [0.2, 0.25) is 0 Å². The summed E-state index contributed by atoms with van der Waals surface area (Å²) in [6, 6.07) is 0. The minimum absolute atomic E-state index is 0.234. The summed E-state index contributed by atoms with van der Waals surface area (Å²) in [7, 11) is 0. The number of aliphatic hydroxyl groups is 1. The van der Waals surface area contributed by atoms with Crippen molar-refractivity contribution in [2.24, 2.45) is 0 Å². The largest absolute Gasteiger partial charge is 0.396 e. The van der Waals surface area contributed by atoms with Gasteiger partial charge >= 0.3 is 0 Å². The Balaban J connectivity index is 3.35. The van der Waals surface area contributed by atoms with Gasteiger partial charge in [0, 0.05) is 13.0 Å². The third-order valence-electron chi connectivity index (χ3n) is 0.995. The Kier molecular flexibility index (Phi) is 7.57. The molecule has 0 spiro atoms. The summed E-state index contributed by atoms with van der Waals surface area (Å²) in [5.41, 5.74) is 0. The van der Waals surface area contributed by atoms with Gasteiger partial charge in [0.15, 0.2) is 0 Å². The molecule has 0 radical (unpaired) electrons. The van der Waals surface area contributed by atoms with Crippen molar-refractivity contribution in [1.29, 1.82) is 0 Å². The fraction of sp³-hybridized carbons (Fsp3) is 0.400. The second kappa shape index (κ2) is 8.64. The minimum Gasteiger partial charge on any atom is -0.396 e. The Morgan fingerprint density at radius 1 is 1.09 bits per heavy atom. The first kappa shape index (κ1) is 9.64. The van der Waals surface area contributed by atoms with E-state index in [1.807, 2.05) is 0 Å². The Morgan fingerprint density at radius 2 is 1.91 bits per heavy atom. The molecule has 0 bridgehead atoms. The number of aliphatic hydroxyl groups excluding tert-OH is 1. The van der Waals surface area contributed by atoms with Gasteiger partial charge in [-0.2, -0.15) is 0 Å². The third-order valence-corrected chi connectivity index (χ3v) is 0.995. The van der Waals surface area contributed by atoms with Gasteiger partial charge in [-0.3, -0.25) is 0 Å². The number of rotatable bonds is 3. The van der Waals surface area contributed by atoms with Crippen LogP contribution in [-0.4, -0.2) is 11.7 Å². The van der Waals surface area contributed by atoms with E-state index in [1.54, 1.807) is 0 Å². The maximum atomic E-state index is 8.40. The summed E-state index contributed by atoms with van der Waals surface area (Å²) in [6.07, 6.45) is 7.36. The highest BCUT2D eigenvalue weighted by molar-refractivity contribution is 5.33. The second-order valence-electron chi connectivity index (χ2n) is 1.88. The van der Waals surface area contributed by atoms with Gasteiger partial charge in [-0.1, -0.05) is 5.92 Å². The quantitative estimate of drug-likeness (QED) is 0.461. The SMILES string of the molecule is C#CC#CC#CCCCCO. The summed E-state index contributed by atoms with van der Waals surface area (Å²) >= 11 is 0. The zero-order chi connectivity index (χ0) is 8.36. The highest BCUT2D eigenvalue weighted by Crippen LogP contribution is 1.90. The highest BCUT2D eigenvalue weighted by atomic mass is 16.2. The highest BCUT2D eigenvalue weighted by Gasteiger charge is 1.79. The van der Waals surface area contributed by atoms with E-state index >= 15 is 0 Å². The van der Waals surface area contributed by atoms with Crippen LogP contribution in [0.15, 0.2) is 0 Å². The summed E-state index contributed by atoms with van der Waals surface area (Å²) in [6.45, 7) is 0.234. The van der Waals surface area contributed by atoms with Crippen LogP contribution in [-0.2, 0) is 0 Å². The number of terminal acetylenes is 1. The molecule has 1 N–H and O–H groups in total. The maximum Gasteiger partial charge on any atom is 0.0431 e. The number of unbranched alkanes of at least 4 members (excludes halogenated alkanes) is 2. The molecule has 0 aliphatic rings. The average Bonchev–Trinajstić information content (AvgIpc) is 2.03. The molecule has 0 aliphatic carbocycles. The van der Waals surface area contributed by atoms with Crippen molar-refractivity contribution in [3.8, 4) is 36.0 Å². The lowest BCUT2D eigenvalue weighted by atomic mass is 10.2. The molecule has 0 amide bonds. The van der Waals surface area contributed by atoms with Crippen LogP contribution >= 0.6 is 0 Å². The third kappa shape index (κ3) is 8.64. The van der Waals surface area contributed by atoms with Crippen molar-refractivity contribution < 1.29 is 5.11 Å². The van der Waals surface area contributed by atoms with Gasteiger partial charge in [0.25, 0.3) is 0 Å². The standard InChI is InChI=1S/C10H10O/c1-2-3-4-5-6-7-8-9-10-11/h1,11H,7-10H2. The Labute approximate surface area is 67.8 Å². The minimum atomic E-state index is 0.234. The van der Waals surface area contributed by atoms with Crippen LogP contribution in [0.25, 0.3) is 0 Å². The van der Waals surface area contributed by atoms with Crippen LogP contribution < -0.4 is 0 Å². The van der Waals surface area contributed by atoms with Gasteiger partial charge in [0.1, 0.15) is 0 Å². The molecular formula is C10H10O. The summed E-state index contributed by atoms with van der Waals surface area (Å²) < 4.78 is 0. The molecule has 0 saturated carbocycles. The Bertz CT molecular complexity index is 236. The first-order chi connectivity index (χ1) is 5.41. The molecule has 0 fully saturated rings. The molecule has 0 aromatic heterocycles. The maximum absolute atomic E-state index is 8.40. The molecule has 11 heavy (non-hydrogen) atoms. The molecular weight excluding hydrogens is 136 g/mol. The van der Waals surface area contributed by atoms with Crippen molar-refractivity contribution in [3.05, 3.63) is 0 Å². The topological polar surface area (TPSA) is 20.2 Å². The molecule has 0 atom stereocenters. The summed E-state index contributed by atoms with van der Waals surface area (Å²) in [5, 5.41) is 8.40. The van der Waals surface area contributed by atoms with E-state index in [0.29, 0.717) is 0 Å². The van der Waals surface area contributed by atoms with Gasteiger partial charge in [-0.25, -0.2) is 0 Å². The van der Waals surface area contributed by atoms with Crippen molar-refractivity contribution in [2.45, 2.75) is 19.3 Å². The zero-order valence-corrected chi connectivity index (χ0v) is 6.35. The molecule has 0 rings (SSSR count). The molecule has 0 heterocycles. The molecule has 0 saturated heterocycles. The van der Waals surface area contributed by atoms with E-state index in [1.165, 1.54) is 0 Å². The van der Waals surface area contributed by atoms with Crippen LogP contribution in [0.4, 0.5) is 0 Å². The lowest BCUT2D eigenvalue weighted by Crippen LogP contribution is -1.80. The van der Waals surface area contributed by atoms with Crippen molar-refractivity contribution in [2.75, 3.05) is 6.61 Å². The van der Waals surface area contributed by atoms with E-state index in [-0.39, 0.29) is 6.61 Å². The van der Waals surface area contributed by atoms with Crippen molar-refractivity contribution >= 4 is 0 Å². The van der Waals surface area contributed by atoms with Crippen LogP contribution in [0.5, 0.6) is 0 Å². The van der Waals surface area contributed by atoms with Crippen LogP contribution in [0.1, 0.15) is 19.3 Å². The van der Waals surface area contributed by atoms with E-state index in [4.69, 9.17) is 11.5 Å². The van der Waals surface area contributed by atoms with Crippen LogP contribution in [0, 0.1) is 36.0 Å². The monoisotopic (exact) mass is 146 g/mol. The van der Waals surface area contributed by atoms with Crippen molar-refractivity contribution in [1.82, 2.24) is 0 Å². The first-order valence-electron chi connectivity index (χ1n) is 3.46. The molecule has 0 aromatic rings. The Hall–Kier alpha value is -1.36. The Morgan fingerprint density at radius 3 is 2.55 bits per heavy atom. The molecule has 56 valence electrons. The van der Waals surface area contributed by atoms with Crippen molar-refractivity contribution in [3.63, 3.8) is 0 Å². The predicted octanol–water partition coefficient (Wildman–Crippen LogP) is 0.789. The summed E-state index contributed by atoms with van der Waals surface area (Å²) in [4.78, 5) is 0. The first-order valence-corrected chi connectivity index (χ1v) is 3.46.